The summed E-state index contributed by atoms with van der Waals surface area (Å²) >= 11 is 6.62. The van der Waals surface area contributed by atoms with Crippen LogP contribution in [0.2, 0.25) is 5.02 Å². The predicted molar refractivity (Wildman–Crippen MR) is 151 cm³/mol. The third-order valence-corrected chi connectivity index (χ3v) is 7.33. The average molecular weight is 555 g/mol. The fourth-order valence-electron chi connectivity index (χ4n) is 4.95. The summed E-state index contributed by atoms with van der Waals surface area (Å²) < 4.78 is 13.0. The molecule has 10 heteroatoms. The average Bonchev–Trinajstić information content (AvgIpc) is 3.75. The molecule has 1 atom stereocenters. The minimum Gasteiger partial charge on any atom is -0.468 e. The van der Waals surface area contributed by atoms with Crippen LogP contribution < -0.4 is 5.56 Å². The number of nitrogens with one attached hydrogen (secondary N) is 1. The molecule has 0 bridgehead atoms. The zero-order valence-corrected chi connectivity index (χ0v) is 22.6. The normalized spacial score (nSPS) is 12.4. The Bertz CT molecular complexity index is 1780. The monoisotopic (exact) mass is 554 g/mol. The van der Waals surface area contributed by atoms with Crippen molar-refractivity contribution in [1.29, 1.82) is 0 Å². The molecule has 0 saturated heterocycles. The second-order valence-electron chi connectivity index (χ2n) is 9.58. The van der Waals surface area contributed by atoms with E-state index in [-0.39, 0.29) is 5.56 Å². The second-order valence-corrected chi connectivity index (χ2v) is 9.99. The van der Waals surface area contributed by atoms with Crippen molar-refractivity contribution in [1.82, 2.24) is 30.1 Å². The van der Waals surface area contributed by atoms with Gasteiger partial charge in [-0.05, 0) is 81.9 Å². The van der Waals surface area contributed by atoms with Gasteiger partial charge in [0, 0.05) is 22.6 Å². The van der Waals surface area contributed by atoms with Crippen molar-refractivity contribution in [3.05, 3.63) is 135 Å². The van der Waals surface area contributed by atoms with E-state index in [0.717, 1.165) is 28.6 Å². The minimum absolute atomic E-state index is 0.224. The molecule has 0 aliphatic heterocycles. The van der Waals surface area contributed by atoms with E-state index in [0.29, 0.717) is 41.8 Å². The van der Waals surface area contributed by atoms with Crippen molar-refractivity contribution in [2.24, 2.45) is 0 Å². The number of benzene rings is 2. The maximum atomic E-state index is 13.8. The van der Waals surface area contributed by atoms with Crippen LogP contribution in [-0.4, -0.2) is 30.1 Å². The second kappa shape index (κ2) is 11.3. The van der Waals surface area contributed by atoms with E-state index < -0.39 is 6.04 Å². The molecule has 0 saturated carbocycles. The molecule has 0 fully saturated rings. The molecule has 9 nitrogen and oxygen atoms in total. The molecule has 1 N–H and O–H groups in total. The molecular formula is C30H27ClN6O3. The Labute approximate surface area is 235 Å². The van der Waals surface area contributed by atoms with Gasteiger partial charge in [0.1, 0.15) is 24.1 Å². The first-order valence-electron chi connectivity index (χ1n) is 13.0. The Balaban J connectivity index is 1.54. The van der Waals surface area contributed by atoms with Gasteiger partial charge in [-0.3, -0.25) is 9.69 Å². The highest BCUT2D eigenvalue weighted by atomic mass is 35.5. The highest BCUT2D eigenvalue weighted by Crippen LogP contribution is 2.32. The van der Waals surface area contributed by atoms with Gasteiger partial charge in [0.15, 0.2) is 5.82 Å². The van der Waals surface area contributed by atoms with Crippen LogP contribution >= 0.6 is 11.6 Å². The molecule has 4 aromatic heterocycles. The lowest BCUT2D eigenvalue weighted by Gasteiger charge is -2.30. The molecule has 0 unspecified atom stereocenters. The van der Waals surface area contributed by atoms with Crippen LogP contribution in [0.15, 0.2) is 99.0 Å². The molecule has 0 spiro atoms. The fourth-order valence-corrected chi connectivity index (χ4v) is 5.15. The quantitative estimate of drug-likeness (QED) is 0.229. The van der Waals surface area contributed by atoms with Crippen molar-refractivity contribution in [2.45, 2.75) is 39.0 Å². The molecule has 0 amide bonds. The van der Waals surface area contributed by atoms with Gasteiger partial charge < -0.3 is 13.8 Å². The predicted octanol–water partition coefficient (Wildman–Crippen LogP) is 5.76. The number of furan rings is 2. The van der Waals surface area contributed by atoms with E-state index >= 15 is 0 Å². The molecule has 0 radical (unpaired) electrons. The Hall–Kier alpha value is -4.47. The maximum absolute atomic E-state index is 13.8. The van der Waals surface area contributed by atoms with Gasteiger partial charge in [0.2, 0.25) is 0 Å². The van der Waals surface area contributed by atoms with E-state index in [1.165, 1.54) is 5.56 Å². The number of rotatable bonds is 10. The van der Waals surface area contributed by atoms with Crippen molar-refractivity contribution >= 4 is 22.5 Å². The van der Waals surface area contributed by atoms with Crippen LogP contribution in [0.1, 0.15) is 47.0 Å². The Morgan fingerprint density at radius 3 is 2.52 bits per heavy atom. The van der Waals surface area contributed by atoms with Gasteiger partial charge in [0.05, 0.1) is 19.1 Å². The zero-order chi connectivity index (χ0) is 27.5. The molecule has 6 aromatic rings. The first-order chi connectivity index (χ1) is 19.6. The molecule has 202 valence electrons. The molecule has 0 aliphatic rings. The first kappa shape index (κ1) is 25.8. The topological polar surface area (TPSA) is 106 Å². The van der Waals surface area contributed by atoms with E-state index in [2.05, 4.69) is 38.4 Å². The highest BCUT2D eigenvalue weighted by molar-refractivity contribution is 6.31. The largest absolute Gasteiger partial charge is 0.468 e. The lowest BCUT2D eigenvalue weighted by atomic mass is 10.0. The summed E-state index contributed by atoms with van der Waals surface area (Å²) in [7, 11) is 0. The summed E-state index contributed by atoms with van der Waals surface area (Å²) in [4.78, 5) is 18.9. The number of hydrogen-bond acceptors (Lipinski definition) is 7. The van der Waals surface area contributed by atoms with E-state index in [4.69, 9.17) is 20.4 Å². The maximum Gasteiger partial charge on any atom is 0.253 e. The third kappa shape index (κ3) is 5.34. The number of H-pyrrole nitrogens is 1. The summed E-state index contributed by atoms with van der Waals surface area (Å²) in [5.41, 5.74) is 3.13. The van der Waals surface area contributed by atoms with Crippen LogP contribution in [0.4, 0.5) is 0 Å². The lowest BCUT2D eigenvalue weighted by Crippen LogP contribution is -2.35. The van der Waals surface area contributed by atoms with E-state index in [1.807, 2.05) is 66.7 Å². The zero-order valence-electron chi connectivity index (χ0n) is 21.8. The van der Waals surface area contributed by atoms with Gasteiger partial charge in [-0.25, -0.2) is 4.68 Å². The number of aromatic nitrogens is 5. The molecule has 40 heavy (non-hydrogen) atoms. The number of hydrogen-bond donors (Lipinski definition) is 1. The fraction of sp³-hybridized carbons (Fsp3) is 0.200. The Kier molecular flexibility index (Phi) is 7.31. The smallest absolute Gasteiger partial charge is 0.253 e. The van der Waals surface area contributed by atoms with Crippen LogP contribution in [0.5, 0.6) is 0 Å². The molecule has 6 rings (SSSR count). The summed E-state index contributed by atoms with van der Waals surface area (Å²) in [6.07, 6.45) is 4.12. The number of aryl methyl sites for hydroxylation is 1. The van der Waals surface area contributed by atoms with Gasteiger partial charge in [-0.15, -0.1) is 5.10 Å². The van der Waals surface area contributed by atoms with Crippen LogP contribution in [-0.2, 0) is 26.1 Å². The Morgan fingerprint density at radius 2 is 1.77 bits per heavy atom. The number of nitrogens with zero attached hydrogens (tertiary/aromatic N) is 5. The standard InChI is InChI=1S/C30H27ClN6O3/c1-2-20-11-12-27-22(15-20)16-25(30(38)32-27)28(29-33-34-35-37(29)19-24-9-6-14-40-24)36(18-23-8-5-13-39-23)17-21-7-3-4-10-26(21)31/h3-16,28H,2,17-19H2,1H3,(H,32,38)/t28-/m0/s1. The number of aromatic amines is 1. The summed E-state index contributed by atoms with van der Waals surface area (Å²) in [5.74, 6) is 1.91. The number of fused-ring (bicyclic) bond motifs is 1. The number of tetrazole rings is 1. The van der Waals surface area contributed by atoms with Crippen LogP contribution in [0.25, 0.3) is 10.9 Å². The summed E-state index contributed by atoms with van der Waals surface area (Å²) in [5, 5.41) is 14.3. The first-order valence-corrected chi connectivity index (χ1v) is 13.4. The number of halogens is 1. The van der Waals surface area contributed by atoms with Gasteiger partial charge in [0.25, 0.3) is 5.56 Å². The molecule has 4 heterocycles. The van der Waals surface area contributed by atoms with Crippen molar-refractivity contribution in [3.63, 3.8) is 0 Å². The van der Waals surface area contributed by atoms with Gasteiger partial charge in [-0.2, -0.15) is 0 Å². The van der Waals surface area contributed by atoms with Crippen LogP contribution in [0.3, 0.4) is 0 Å². The SMILES string of the molecule is CCc1ccc2[nH]c(=O)c([C@@H](c3nnnn3Cc3ccco3)N(Cc3ccco3)Cc3ccccc3Cl)cc2c1. The summed E-state index contributed by atoms with van der Waals surface area (Å²) in [6.45, 7) is 3.19. The van der Waals surface area contributed by atoms with Crippen molar-refractivity contribution in [3.8, 4) is 0 Å². The highest BCUT2D eigenvalue weighted by Gasteiger charge is 2.32. The lowest BCUT2D eigenvalue weighted by molar-refractivity contribution is 0.179. The summed E-state index contributed by atoms with van der Waals surface area (Å²) in [6, 6.07) is 22.4. The van der Waals surface area contributed by atoms with Crippen molar-refractivity contribution < 1.29 is 8.83 Å². The van der Waals surface area contributed by atoms with Crippen molar-refractivity contribution in [2.75, 3.05) is 0 Å². The van der Waals surface area contributed by atoms with Gasteiger partial charge >= 0.3 is 0 Å². The minimum atomic E-state index is -0.648. The van der Waals surface area contributed by atoms with E-state index in [9.17, 15) is 4.79 Å². The number of pyridine rings is 1. The molecular weight excluding hydrogens is 528 g/mol. The van der Waals surface area contributed by atoms with Gasteiger partial charge in [-0.1, -0.05) is 42.8 Å². The third-order valence-electron chi connectivity index (χ3n) is 6.97. The van der Waals surface area contributed by atoms with Crippen LogP contribution in [0, 0.1) is 0 Å². The Morgan fingerprint density at radius 1 is 0.975 bits per heavy atom. The van der Waals surface area contributed by atoms with E-state index in [1.54, 1.807) is 17.2 Å². The molecule has 0 aliphatic carbocycles. The molecule has 2 aromatic carbocycles.